The molecule has 23 heavy (non-hydrogen) atoms. The molecule has 1 heterocycles. The maximum atomic E-state index is 9.05. The van der Waals surface area contributed by atoms with Crippen molar-refractivity contribution >= 4 is 31.9 Å². The summed E-state index contributed by atoms with van der Waals surface area (Å²) in [5.41, 5.74) is 1.63. The summed E-state index contributed by atoms with van der Waals surface area (Å²) in [6, 6.07) is 10.9. The summed E-state index contributed by atoms with van der Waals surface area (Å²) >= 11 is 6.62. The zero-order chi connectivity index (χ0) is 17.0. The molecule has 0 aliphatic carbocycles. The summed E-state index contributed by atoms with van der Waals surface area (Å²) in [4.78, 5) is 0. The van der Waals surface area contributed by atoms with E-state index in [0.717, 1.165) is 20.3 Å². The van der Waals surface area contributed by atoms with Crippen LogP contribution in [0.5, 0.6) is 11.5 Å². The number of aliphatic hydroxyl groups excluding tert-OH is 1. The second kappa shape index (κ2) is 7.66. The summed E-state index contributed by atoms with van der Waals surface area (Å²) in [5.74, 6) is 0.547. The van der Waals surface area contributed by atoms with Gasteiger partial charge in [-0.2, -0.15) is 0 Å². The van der Waals surface area contributed by atoms with Crippen molar-refractivity contribution < 1.29 is 19.7 Å². The maximum absolute atomic E-state index is 9.05. The average Bonchev–Trinajstić information content (AvgIpc) is 2.50. The van der Waals surface area contributed by atoms with Gasteiger partial charge in [0.25, 0.3) is 0 Å². The molecule has 1 aliphatic rings. The van der Waals surface area contributed by atoms with E-state index in [1.54, 1.807) is 12.1 Å². The van der Waals surface area contributed by atoms with Crippen molar-refractivity contribution in [2.45, 2.75) is 32.8 Å². The van der Waals surface area contributed by atoms with Gasteiger partial charge in [0.1, 0.15) is 11.5 Å². The minimum atomic E-state index is -0.499. The summed E-state index contributed by atoms with van der Waals surface area (Å²) in [7, 11) is 0. The number of benzene rings is 2. The molecule has 1 aliphatic heterocycles. The van der Waals surface area contributed by atoms with E-state index in [1.165, 1.54) is 6.07 Å². The van der Waals surface area contributed by atoms with Crippen molar-refractivity contribution in [1.29, 1.82) is 0 Å². The Balaban J connectivity index is 0.000000174. The third-order valence-corrected chi connectivity index (χ3v) is 4.15. The number of aromatic hydroxyl groups is 1. The third kappa shape index (κ3) is 5.21. The molecule has 0 aromatic heterocycles. The van der Waals surface area contributed by atoms with Gasteiger partial charge in [0.2, 0.25) is 5.79 Å². The molecule has 0 spiro atoms. The van der Waals surface area contributed by atoms with Crippen LogP contribution in [0, 0.1) is 0 Å². The molecule has 0 atom stereocenters. The van der Waals surface area contributed by atoms with E-state index >= 15 is 0 Å². The Kier molecular flexibility index (Phi) is 6.08. The van der Waals surface area contributed by atoms with Crippen molar-refractivity contribution in [1.82, 2.24) is 0 Å². The standard InChI is InChI=1S/C10H11BrO2.C7H7BrO2/c1-10(2)12-6-7-5-8(11)3-4-9(7)13-10;8-6-1-2-7(10)5(3-6)4-9/h3-5H,6H2,1-2H3;1-3,9-10H,4H2. The van der Waals surface area contributed by atoms with Crippen LogP contribution in [0.4, 0.5) is 0 Å². The van der Waals surface area contributed by atoms with Gasteiger partial charge in [0.15, 0.2) is 0 Å². The number of hydrogen-bond acceptors (Lipinski definition) is 4. The average molecular weight is 446 g/mol. The van der Waals surface area contributed by atoms with Crippen molar-refractivity contribution in [3.63, 3.8) is 0 Å². The molecular weight excluding hydrogens is 428 g/mol. The lowest BCUT2D eigenvalue weighted by molar-refractivity contribution is -0.180. The van der Waals surface area contributed by atoms with Crippen LogP contribution in [0.15, 0.2) is 45.3 Å². The highest BCUT2D eigenvalue weighted by molar-refractivity contribution is 9.10. The van der Waals surface area contributed by atoms with Crippen LogP contribution >= 0.6 is 31.9 Å². The molecule has 0 bridgehead atoms. The minimum Gasteiger partial charge on any atom is -0.508 e. The molecular formula is C17H18Br2O4. The lowest BCUT2D eigenvalue weighted by atomic mass is 10.2. The van der Waals surface area contributed by atoms with Crippen molar-refractivity contribution in [3.05, 3.63) is 56.5 Å². The molecule has 0 amide bonds. The van der Waals surface area contributed by atoms with E-state index in [9.17, 15) is 0 Å². The normalized spacial score (nSPS) is 15.0. The van der Waals surface area contributed by atoms with Crippen LogP contribution in [0.3, 0.4) is 0 Å². The number of fused-ring (bicyclic) bond motifs is 1. The molecule has 2 aromatic rings. The zero-order valence-corrected chi connectivity index (χ0v) is 16.0. The van der Waals surface area contributed by atoms with Gasteiger partial charge < -0.3 is 19.7 Å². The van der Waals surface area contributed by atoms with E-state index in [0.29, 0.717) is 12.2 Å². The Morgan fingerprint density at radius 1 is 1.09 bits per heavy atom. The van der Waals surface area contributed by atoms with Gasteiger partial charge in [-0.15, -0.1) is 0 Å². The van der Waals surface area contributed by atoms with Crippen molar-refractivity contribution in [2.75, 3.05) is 0 Å². The van der Waals surface area contributed by atoms with Crippen LogP contribution in [0.25, 0.3) is 0 Å². The third-order valence-electron chi connectivity index (χ3n) is 3.17. The lowest BCUT2D eigenvalue weighted by Crippen LogP contribution is -2.35. The van der Waals surface area contributed by atoms with Crippen molar-refractivity contribution in [2.24, 2.45) is 0 Å². The van der Waals surface area contributed by atoms with Gasteiger partial charge in [-0.05, 0) is 36.4 Å². The Bertz CT molecular complexity index is 686. The highest BCUT2D eigenvalue weighted by Crippen LogP contribution is 2.32. The highest BCUT2D eigenvalue weighted by Gasteiger charge is 2.26. The zero-order valence-electron chi connectivity index (χ0n) is 12.8. The number of aliphatic hydroxyl groups is 1. The Hall–Kier alpha value is -1.08. The van der Waals surface area contributed by atoms with Gasteiger partial charge >= 0.3 is 0 Å². The number of halogens is 2. The topological polar surface area (TPSA) is 58.9 Å². The fourth-order valence-corrected chi connectivity index (χ4v) is 2.80. The second-order valence-electron chi connectivity index (χ2n) is 5.47. The lowest BCUT2D eigenvalue weighted by Gasteiger charge is -2.32. The molecule has 2 N–H and O–H groups in total. The summed E-state index contributed by atoms with van der Waals surface area (Å²) in [6.45, 7) is 4.31. The quantitative estimate of drug-likeness (QED) is 0.665. The Morgan fingerprint density at radius 2 is 1.74 bits per heavy atom. The van der Waals surface area contributed by atoms with Crippen LogP contribution in [-0.4, -0.2) is 16.0 Å². The Morgan fingerprint density at radius 3 is 2.39 bits per heavy atom. The molecule has 0 fully saturated rings. The molecule has 2 aromatic carbocycles. The molecule has 124 valence electrons. The number of phenols is 1. The largest absolute Gasteiger partial charge is 0.508 e. The van der Waals surface area contributed by atoms with Crippen LogP contribution in [0.2, 0.25) is 0 Å². The van der Waals surface area contributed by atoms with Gasteiger partial charge in [0.05, 0.1) is 13.2 Å². The smallest absolute Gasteiger partial charge is 0.205 e. The molecule has 4 nitrogen and oxygen atoms in total. The van der Waals surface area contributed by atoms with Crippen LogP contribution in [0.1, 0.15) is 25.0 Å². The van der Waals surface area contributed by atoms with Crippen LogP contribution < -0.4 is 4.74 Å². The molecule has 6 heteroatoms. The minimum absolute atomic E-state index is 0.130. The van der Waals surface area contributed by atoms with E-state index in [4.69, 9.17) is 19.7 Å². The monoisotopic (exact) mass is 444 g/mol. The number of rotatable bonds is 1. The Labute approximate surface area is 152 Å². The predicted molar refractivity (Wildman–Crippen MR) is 95.4 cm³/mol. The van der Waals surface area contributed by atoms with E-state index in [2.05, 4.69) is 31.9 Å². The van der Waals surface area contributed by atoms with Gasteiger partial charge in [-0.3, -0.25) is 0 Å². The first-order valence-electron chi connectivity index (χ1n) is 7.00. The maximum Gasteiger partial charge on any atom is 0.205 e. The van der Waals surface area contributed by atoms with E-state index in [1.807, 2.05) is 32.0 Å². The summed E-state index contributed by atoms with van der Waals surface area (Å²) in [5, 5.41) is 17.7. The fraction of sp³-hybridized carbons (Fsp3) is 0.294. The van der Waals surface area contributed by atoms with Gasteiger partial charge in [-0.25, -0.2) is 0 Å². The highest BCUT2D eigenvalue weighted by atomic mass is 79.9. The van der Waals surface area contributed by atoms with Crippen molar-refractivity contribution in [3.8, 4) is 11.5 Å². The van der Waals surface area contributed by atoms with E-state index < -0.39 is 5.79 Å². The number of ether oxygens (including phenoxy) is 2. The second-order valence-corrected chi connectivity index (χ2v) is 7.31. The molecule has 0 unspecified atom stereocenters. The first kappa shape index (κ1) is 18.3. The van der Waals surface area contributed by atoms with E-state index in [-0.39, 0.29) is 12.4 Å². The van der Waals surface area contributed by atoms with Gasteiger partial charge in [-0.1, -0.05) is 31.9 Å². The molecule has 0 saturated carbocycles. The first-order valence-corrected chi connectivity index (χ1v) is 8.59. The molecule has 0 saturated heterocycles. The first-order chi connectivity index (χ1) is 10.8. The fourth-order valence-electron chi connectivity index (χ4n) is 1.99. The summed E-state index contributed by atoms with van der Waals surface area (Å²) < 4.78 is 13.0. The SMILES string of the molecule is CC1(C)OCc2cc(Br)ccc2O1.OCc1cc(Br)ccc1O. The predicted octanol–water partition coefficient (Wildman–Crippen LogP) is 4.74. The number of hydrogen-bond donors (Lipinski definition) is 2. The molecule has 3 rings (SSSR count). The van der Waals surface area contributed by atoms with Crippen LogP contribution in [-0.2, 0) is 18.0 Å². The van der Waals surface area contributed by atoms with Gasteiger partial charge in [0, 0.05) is 33.9 Å². The summed E-state index contributed by atoms with van der Waals surface area (Å²) in [6.07, 6.45) is 0. The molecule has 0 radical (unpaired) electrons.